The maximum atomic E-state index is 12.8. The van der Waals surface area contributed by atoms with Crippen LogP contribution in [0.3, 0.4) is 0 Å². The summed E-state index contributed by atoms with van der Waals surface area (Å²) in [5.41, 5.74) is 1.21. The molecule has 8 nitrogen and oxygen atoms in total. The lowest BCUT2D eigenvalue weighted by molar-refractivity contribution is -0.148. The molecular formula is C23H27N3O5. The van der Waals surface area contributed by atoms with Gasteiger partial charge in [0.15, 0.2) is 0 Å². The Bertz CT molecular complexity index is 943. The fraction of sp³-hybridized carbons (Fsp3) is 0.391. The lowest BCUT2D eigenvalue weighted by Gasteiger charge is -2.24. The molecule has 2 aliphatic rings. The molecule has 1 aromatic carbocycles. The second kappa shape index (κ2) is 8.75. The quantitative estimate of drug-likeness (QED) is 0.590. The van der Waals surface area contributed by atoms with Gasteiger partial charge in [-0.2, -0.15) is 0 Å². The first-order valence-corrected chi connectivity index (χ1v) is 10.1. The van der Waals surface area contributed by atoms with E-state index < -0.39 is 29.6 Å². The van der Waals surface area contributed by atoms with Crippen molar-refractivity contribution in [1.29, 1.82) is 0 Å². The van der Waals surface area contributed by atoms with E-state index in [-0.39, 0.29) is 18.5 Å². The summed E-state index contributed by atoms with van der Waals surface area (Å²) in [7, 11) is 1.71. The molecule has 0 bridgehead atoms. The zero-order valence-electron chi connectivity index (χ0n) is 18.1. The molecule has 0 spiro atoms. The third kappa shape index (κ3) is 5.39. The van der Waals surface area contributed by atoms with Crippen LogP contribution in [0.5, 0.6) is 0 Å². The van der Waals surface area contributed by atoms with E-state index in [0.29, 0.717) is 6.42 Å². The van der Waals surface area contributed by atoms with Gasteiger partial charge in [-0.05, 0) is 38.0 Å². The van der Waals surface area contributed by atoms with Gasteiger partial charge in [0.05, 0.1) is 6.04 Å². The molecule has 0 aliphatic carbocycles. The smallest absolute Gasteiger partial charge is 0.331 e. The molecular weight excluding hydrogens is 398 g/mol. The summed E-state index contributed by atoms with van der Waals surface area (Å²) >= 11 is 0. The predicted molar refractivity (Wildman–Crippen MR) is 115 cm³/mol. The minimum atomic E-state index is -0.641. The molecule has 1 saturated heterocycles. The van der Waals surface area contributed by atoms with Crippen LogP contribution in [-0.2, 0) is 19.1 Å². The Hall–Kier alpha value is -3.42. The number of urea groups is 1. The van der Waals surface area contributed by atoms with Gasteiger partial charge < -0.3 is 14.5 Å². The van der Waals surface area contributed by atoms with Gasteiger partial charge in [-0.15, -0.1) is 0 Å². The van der Waals surface area contributed by atoms with E-state index in [2.05, 4.69) is 5.32 Å². The Balaban J connectivity index is 1.70. The Morgan fingerprint density at radius 3 is 2.45 bits per heavy atom. The maximum Gasteiger partial charge on any atom is 0.331 e. The summed E-state index contributed by atoms with van der Waals surface area (Å²) in [6, 6.07) is 6.12. The summed E-state index contributed by atoms with van der Waals surface area (Å²) in [4.78, 5) is 51.5. The molecule has 2 heterocycles. The van der Waals surface area contributed by atoms with E-state index >= 15 is 0 Å². The zero-order valence-corrected chi connectivity index (χ0v) is 18.1. The first-order valence-electron chi connectivity index (χ1n) is 10.1. The fourth-order valence-corrected chi connectivity index (χ4v) is 3.65. The van der Waals surface area contributed by atoms with Crippen molar-refractivity contribution in [2.75, 3.05) is 13.6 Å². The fourth-order valence-electron chi connectivity index (χ4n) is 3.65. The van der Waals surface area contributed by atoms with Crippen molar-refractivity contribution in [3.8, 4) is 0 Å². The average Bonchev–Trinajstić information content (AvgIpc) is 2.86. The standard InChI is InChI=1S/C23H27N3O5/c1-23(2,3)31-20(28)12-9-15-7-10-16(11-8-15)17-14-18(21(29)25(17)4)26-13-5-6-19(27)24-22(26)30/h5-12,17-18H,13-14H2,1-4H3,(H,24,27,30)/b12-9+/t17-,18+/m0/s1. The molecule has 3 rings (SSSR count). The maximum absolute atomic E-state index is 12.8. The number of carbonyl (C=O) groups is 4. The lowest BCUT2D eigenvalue weighted by atomic mass is 10.0. The number of benzene rings is 1. The van der Waals surface area contributed by atoms with Crippen molar-refractivity contribution in [3.63, 3.8) is 0 Å². The number of amides is 4. The van der Waals surface area contributed by atoms with Crippen molar-refractivity contribution in [3.05, 3.63) is 53.6 Å². The normalized spacial score (nSPS) is 22.1. The number of hydrogen-bond donors (Lipinski definition) is 1. The number of rotatable bonds is 4. The Kier molecular flexibility index (Phi) is 6.29. The molecule has 31 heavy (non-hydrogen) atoms. The summed E-state index contributed by atoms with van der Waals surface area (Å²) < 4.78 is 5.25. The van der Waals surface area contributed by atoms with Crippen LogP contribution < -0.4 is 5.32 Å². The monoisotopic (exact) mass is 425 g/mol. The van der Waals surface area contributed by atoms with Crippen LogP contribution in [0, 0.1) is 0 Å². The second-order valence-electron chi connectivity index (χ2n) is 8.60. The SMILES string of the molecule is CN1C(=O)[C@H](N2CC=CC(=O)NC2=O)C[C@H]1c1ccc(/C=C/C(=O)OC(C)(C)C)cc1. The van der Waals surface area contributed by atoms with Gasteiger partial charge in [0.2, 0.25) is 5.91 Å². The van der Waals surface area contributed by atoms with Crippen molar-refractivity contribution in [2.24, 2.45) is 0 Å². The van der Waals surface area contributed by atoms with Gasteiger partial charge in [-0.1, -0.05) is 30.3 Å². The highest BCUT2D eigenvalue weighted by Crippen LogP contribution is 2.34. The number of carbonyl (C=O) groups excluding carboxylic acids is 4. The third-order valence-electron chi connectivity index (χ3n) is 5.13. The van der Waals surface area contributed by atoms with Gasteiger partial charge >= 0.3 is 12.0 Å². The number of likely N-dealkylation sites (tertiary alicyclic amines) is 1. The van der Waals surface area contributed by atoms with E-state index in [4.69, 9.17) is 4.74 Å². The van der Waals surface area contributed by atoms with Crippen molar-refractivity contribution < 1.29 is 23.9 Å². The molecule has 8 heteroatoms. The largest absolute Gasteiger partial charge is 0.457 e. The van der Waals surface area contributed by atoms with E-state index in [9.17, 15) is 19.2 Å². The highest BCUT2D eigenvalue weighted by Gasteiger charge is 2.43. The molecule has 1 N–H and O–H groups in total. The molecule has 1 aromatic rings. The third-order valence-corrected chi connectivity index (χ3v) is 5.13. The number of imide groups is 1. The molecule has 1 fully saturated rings. The average molecular weight is 425 g/mol. The van der Waals surface area contributed by atoms with E-state index in [0.717, 1.165) is 11.1 Å². The minimum Gasteiger partial charge on any atom is -0.457 e. The van der Waals surface area contributed by atoms with Crippen LogP contribution in [0.15, 0.2) is 42.5 Å². The summed E-state index contributed by atoms with van der Waals surface area (Å²) in [6.07, 6.45) is 6.36. The summed E-state index contributed by atoms with van der Waals surface area (Å²) in [5, 5.41) is 2.25. The lowest BCUT2D eigenvalue weighted by Crippen LogP contribution is -2.49. The Morgan fingerprint density at radius 2 is 1.81 bits per heavy atom. The Morgan fingerprint density at radius 1 is 1.13 bits per heavy atom. The second-order valence-corrected chi connectivity index (χ2v) is 8.60. The number of nitrogens with zero attached hydrogens (tertiary/aromatic N) is 2. The minimum absolute atomic E-state index is 0.170. The Labute approximate surface area is 181 Å². The number of nitrogens with one attached hydrogen (secondary N) is 1. The van der Waals surface area contributed by atoms with Crippen LogP contribution in [0.1, 0.15) is 44.4 Å². The van der Waals surface area contributed by atoms with Gasteiger partial charge in [-0.3, -0.25) is 14.9 Å². The van der Waals surface area contributed by atoms with E-state index in [1.165, 1.54) is 17.1 Å². The highest BCUT2D eigenvalue weighted by atomic mass is 16.6. The molecule has 0 aromatic heterocycles. The molecule has 2 aliphatic heterocycles. The van der Waals surface area contributed by atoms with Gasteiger partial charge in [0.1, 0.15) is 11.6 Å². The van der Waals surface area contributed by atoms with Gasteiger partial charge in [0, 0.05) is 32.2 Å². The topological polar surface area (TPSA) is 96.0 Å². The molecule has 0 saturated carbocycles. The van der Waals surface area contributed by atoms with E-state index in [1.807, 2.05) is 45.0 Å². The molecule has 164 valence electrons. The van der Waals surface area contributed by atoms with Crippen molar-refractivity contribution in [1.82, 2.24) is 15.1 Å². The molecule has 0 radical (unpaired) electrons. The number of ether oxygens (including phenoxy) is 1. The predicted octanol–water partition coefficient (Wildman–Crippen LogP) is 2.42. The first kappa shape index (κ1) is 22.3. The van der Waals surface area contributed by atoms with Crippen molar-refractivity contribution in [2.45, 2.75) is 44.9 Å². The molecule has 0 unspecified atom stereocenters. The van der Waals surface area contributed by atoms with Crippen molar-refractivity contribution >= 4 is 29.9 Å². The van der Waals surface area contributed by atoms with Crippen LogP contribution >= 0.6 is 0 Å². The van der Waals surface area contributed by atoms with Crippen LogP contribution in [0.25, 0.3) is 6.08 Å². The summed E-state index contributed by atoms with van der Waals surface area (Å²) in [5.74, 6) is -1.07. The zero-order chi connectivity index (χ0) is 22.8. The molecule has 4 amide bonds. The van der Waals surface area contributed by atoms with Crippen LogP contribution in [0.2, 0.25) is 0 Å². The number of likely N-dealkylation sites (N-methyl/N-ethyl adjacent to an activating group) is 1. The highest BCUT2D eigenvalue weighted by molar-refractivity contribution is 6.02. The molecule has 2 atom stereocenters. The van der Waals surface area contributed by atoms with Gasteiger partial charge in [-0.25, -0.2) is 9.59 Å². The van der Waals surface area contributed by atoms with Gasteiger partial charge in [0.25, 0.3) is 5.91 Å². The van der Waals surface area contributed by atoms with Crippen LogP contribution in [0.4, 0.5) is 4.79 Å². The van der Waals surface area contributed by atoms with E-state index in [1.54, 1.807) is 24.1 Å². The summed E-state index contributed by atoms with van der Waals surface area (Å²) in [6.45, 7) is 5.62. The van der Waals surface area contributed by atoms with Crippen LogP contribution in [-0.4, -0.2) is 58.8 Å². The number of esters is 1. The number of hydrogen-bond acceptors (Lipinski definition) is 5. The first-order chi connectivity index (χ1) is 14.5.